The van der Waals surface area contributed by atoms with Crippen LogP contribution in [0.25, 0.3) is 0 Å². The van der Waals surface area contributed by atoms with Crippen LogP contribution in [0.2, 0.25) is 0 Å². The number of nitrogens with one attached hydrogen (secondary N) is 1. The molecular weight excluding hydrogens is 247 g/mol. The molecule has 0 saturated heterocycles. The Labute approximate surface area is 94.4 Å². The lowest BCUT2D eigenvalue weighted by Gasteiger charge is -2.05. The number of hydrogen-bond acceptors (Lipinski definition) is 2. The summed E-state index contributed by atoms with van der Waals surface area (Å²) in [5.74, 6) is -0.750. The molecule has 8 heteroatoms. The number of anilines is 1. The molecule has 1 heterocycles. The zero-order valence-electron chi connectivity index (χ0n) is 8.31. The van der Waals surface area contributed by atoms with Crippen LogP contribution in [-0.2, 0) is 11.3 Å². The molecule has 0 spiro atoms. The third-order valence-electron chi connectivity index (χ3n) is 1.68. The van der Waals surface area contributed by atoms with Crippen LogP contribution in [0.3, 0.4) is 0 Å². The van der Waals surface area contributed by atoms with Crippen LogP contribution in [0.15, 0.2) is 6.20 Å². The number of alkyl halides is 4. The number of carbonyl (C=O) groups is 1. The SMILES string of the molecule is Cc1nn(CC(F)(F)F)cc1NC(=O)CCl. The van der Waals surface area contributed by atoms with Crippen molar-refractivity contribution >= 4 is 23.2 Å². The zero-order valence-corrected chi connectivity index (χ0v) is 9.06. The number of halogens is 4. The average Bonchev–Trinajstić information content (AvgIpc) is 2.43. The van der Waals surface area contributed by atoms with Crippen molar-refractivity contribution in [2.45, 2.75) is 19.6 Å². The molecule has 1 aromatic rings. The highest BCUT2D eigenvalue weighted by molar-refractivity contribution is 6.29. The van der Waals surface area contributed by atoms with E-state index in [0.29, 0.717) is 5.69 Å². The van der Waals surface area contributed by atoms with Gasteiger partial charge in [0, 0.05) is 6.20 Å². The minimum Gasteiger partial charge on any atom is -0.322 e. The van der Waals surface area contributed by atoms with Crippen molar-refractivity contribution in [2.24, 2.45) is 0 Å². The van der Waals surface area contributed by atoms with Crippen molar-refractivity contribution < 1.29 is 18.0 Å². The van der Waals surface area contributed by atoms with Gasteiger partial charge in [-0.05, 0) is 6.92 Å². The van der Waals surface area contributed by atoms with Gasteiger partial charge in [-0.1, -0.05) is 0 Å². The number of hydrogen-bond donors (Lipinski definition) is 1. The molecule has 1 rings (SSSR count). The topological polar surface area (TPSA) is 46.9 Å². The Kier molecular flexibility index (Phi) is 3.79. The maximum atomic E-state index is 12.0. The second-order valence-electron chi connectivity index (χ2n) is 3.12. The lowest BCUT2D eigenvalue weighted by molar-refractivity contribution is -0.142. The first-order valence-electron chi connectivity index (χ1n) is 4.28. The smallest absolute Gasteiger partial charge is 0.322 e. The summed E-state index contributed by atoms with van der Waals surface area (Å²) in [6, 6.07) is 0. The van der Waals surface area contributed by atoms with E-state index >= 15 is 0 Å². The van der Waals surface area contributed by atoms with Crippen LogP contribution >= 0.6 is 11.6 Å². The van der Waals surface area contributed by atoms with Gasteiger partial charge in [0.05, 0.1) is 11.4 Å². The molecule has 1 N–H and O–H groups in total. The number of aryl methyl sites for hydroxylation is 1. The quantitative estimate of drug-likeness (QED) is 0.839. The van der Waals surface area contributed by atoms with E-state index in [1.165, 1.54) is 6.92 Å². The van der Waals surface area contributed by atoms with Gasteiger partial charge in [-0.3, -0.25) is 9.48 Å². The maximum Gasteiger partial charge on any atom is 0.408 e. The van der Waals surface area contributed by atoms with E-state index in [1.54, 1.807) is 0 Å². The Hall–Kier alpha value is -1.24. The lowest BCUT2D eigenvalue weighted by Crippen LogP contribution is -2.18. The summed E-state index contributed by atoms with van der Waals surface area (Å²) in [6.07, 6.45) is -3.22. The van der Waals surface area contributed by atoms with Gasteiger partial charge >= 0.3 is 6.18 Å². The fourth-order valence-corrected chi connectivity index (χ4v) is 1.16. The second kappa shape index (κ2) is 4.73. The largest absolute Gasteiger partial charge is 0.408 e. The summed E-state index contributed by atoms with van der Waals surface area (Å²) < 4.78 is 36.8. The van der Waals surface area contributed by atoms with Crippen molar-refractivity contribution in [3.8, 4) is 0 Å². The fraction of sp³-hybridized carbons (Fsp3) is 0.500. The highest BCUT2D eigenvalue weighted by Gasteiger charge is 2.28. The van der Waals surface area contributed by atoms with Gasteiger partial charge in [0.15, 0.2) is 0 Å². The number of amides is 1. The van der Waals surface area contributed by atoms with Gasteiger partial charge in [0.2, 0.25) is 5.91 Å². The van der Waals surface area contributed by atoms with E-state index in [1.807, 2.05) is 0 Å². The summed E-state index contributed by atoms with van der Waals surface area (Å²) >= 11 is 5.25. The summed E-state index contributed by atoms with van der Waals surface area (Å²) in [5.41, 5.74) is 0.539. The molecule has 16 heavy (non-hydrogen) atoms. The number of carbonyl (C=O) groups excluding carboxylic acids is 1. The molecule has 0 saturated carbocycles. The molecule has 4 nitrogen and oxygen atoms in total. The van der Waals surface area contributed by atoms with Crippen LogP contribution in [0.1, 0.15) is 5.69 Å². The number of aromatic nitrogens is 2. The monoisotopic (exact) mass is 255 g/mol. The predicted octanol–water partition coefficient (Wildman–Crippen LogP) is 1.93. The van der Waals surface area contributed by atoms with Crippen LogP contribution < -0.4 is 5.32 Å². The Balaban J connectivity index is 2.78. The number of nitrogens with zero attached hydrogens (tertiary/aromatic N) is 2. The van der Waals surface area contributed by atoms with E-state index < -0.39 is 18.6 Å². The van der Waals surface area contributed by atoms with Crippen molar-refractivity contribution in [3.63, 3.8) is 0 Å². The van der Waals surface area contributed by atoms with Crippen molar-refractivity contribution in [2.75, 3.05) is 11.2 Å². The molecule has 0 aliphatic heterocycles. The fourth-order valence-electron chi connectivity index (χ4n) is 1.09. The summed E-state index contributed by atoms with van der Waals surface area (Å²) in [4.78, 5) is 10.9. The van der Waals surface area contributed by atoms with Gasteiger partial charge in [-0.15, -0.1) is 11.6 Å². The molecule has 0 atom stereocenters. The van der Waals surface area contributed by atoms with E-state index in [2.05, 4.69) is 10.4 Å². The summed E-state index contributed by atoms with van der Waals surface area (Å²) in [5, 5.41) is 5.97. The molecule has 0 unspecified atom stereocenters. The van der Waals surface area contributed by atoms with Crippen molar-refractivity contribution in [1.29, 1.82) is 0 Å². The Morgan fingerprint density at radius 3 is 2.75 bits per heavy atom. The first-order chi connectivity index (χ1) is 7.31. The zero-order chi connectivity index (χ0) is 12.3. The Bertz CT molecular complexity index is 388. The van der Waals surface area contributed by atoms with Crippen LogP contribution in [0, 0.1) is 6.92 Å². The first-order valence-corrected chi connectivity index (χ1v) is 4.82. The molecule has 0 aromatic carbocycles. The highest BCUT2D eigenvalue weighted by atomic mass is 35.5. The molecule has 0 fully saturated rings. The minimum absolute atomic E-state index is 0.231. The normalized spacial score (nSPS) is 11.6. The predicted molar refractivity (Wildman–Crippen MR) is 52.4 cm³/mol. The maximum absolute atomic E-state index is 12.0. The van der Waals surface area contributed by atoms with Gasteiger partial charge < -0.3 is 5.32 Å². The van der Waals surface area contributed by atoms with E-state index in [-0.39, 0.29) is 11.6 Å². The van der Waals surface area contributed by atoms with Gasteiger partial charge in [0.25, 0.3) is 0 Å². The highest BCUT2D eigenvalue weighted by Crippen LogP contribution is 2.19. The molecule has 1 aromatic heterocycles. The van der Waals surface area contributed by atoms with Crippen LogP contribution in [-0.4, -0.2) is 27.7 Å². The van der Waals surface area contributed by atoms with Crippen molar-refractivity contribution in [3.05, 3.63) is 11.9 Å². The standard InChI is InChI=1S/C8H9ClF3N3O/c1-5-6(13-7(16)2-9)3-15(14-5)4-8(10,11)12/h3H,2,4H2,1H3,(H,13,16). The van der Waals surface area contributed by atoms with E-state index in [4.69, 9.17) is 11.6 Å². The average molecular weight is 256 g/mol. The Morgan fingerprint density at radius 2 is 2.25 bits per heavy atom. The Morgan fingerprint density at radius 1 is 1.62 bits per heavy atom. The third kappa shape index (κ3) is 3.73. The van der Waals surface area contributed by atoms with Crippen molar-refractivity contribution in [1.82, 2.24) is 9.78 Å². The molecular formula is C8H9ClF3N3O. The van der Waals surface area contributed by atoms with Gasteiger partial charge in [-0.2, -0.15) is 18.3 Å². The van der Waals surface area contributed by atoms with E-state index in [9.17, 15) is 18.0 Å². The third-order valence-corrected chi connectivity index (χ3v) is 1.93. The lowest BCUT2D eigenvalue weighted by atomic mass is 10.4. The van der Waals surface area contributed by atoms with Gasteiger partial charge in [0.1, 0.15) is 12.4 Å². The summed E-state index contributed by atoms with van der Waals surface area (Å²) in [7, 11) is 0. The second-order valence-corrected chi connectivity index (χ2v) is 3.39. The minimum atomic E-state index is -4.34. The van der Waals surface area contributed by atoms with E-state index in [0.717, 1.165) is 10.9 Å². The summed E-state index contributed by atoms with van der Waals surface area (Å²) in [6.45, 7) is 0.307. The molecule has 90 valence electrons. The van der Waals surface area contributed by atoms with Crippen LogP contribution in [0.4, 0.5) is 18.9 Å². The molecule has 1 amide bonds. The van der Waals surface area contributed by atoms with Gasteiger partial charge in [-0.25, -0.2) is 0 Å². The molecule has 0 aliphatic rings. The first kappa shape index (κ1) is 12.8. The molecule has 0 bridgehead atoms. The molecule has 0 radical (unpaired) electrons. The number of rotatable bonds is 3. The molecule has 0 aliphatic carbocycles. The van der Waals surface area contributed by atoms with Crippen LogP contribution in [0.5, 0.6) is 0 Å².